The number of nitrogens with zero attached hydrogens (tertiary/aromatic N) is 6. The van der Waals surface area contributed by atoms with E-state index < -0.39 is 5.82 Å². The van der Waals surface area contributed by atoms with Gasteiger partial charge in [-0.15, -0.1) is 0 Å². The van der Waals surface area contributed by atoms with Gasteiger partial charge < -0.3 is 15.0 Å². The molecule has 8 nitrogen and oxygen atoms in total. The minimum atomic E-state index is -0.487. The van der Waals surface area contributed by atoms with E-state index in [0.717, 1.165) is 12.4 Å². The third-order valence-electron chi connectivity index (χ3n) is 3.26. The summed E-state index contributed by atoms with van der Waals surface area (Å²) < 4.78 is 18.2. The Morgan fingerprint density at radius 3 is 2.61 bits per heavy atom. The zero-order chi connectivity index (χ0) is 16.2. The molecule has 2 aromatic heterocycles. The van der Waals surface area contributed by atoms with Gasteiger partial charge in [-0.3, -0.25) is 0 Å². The third kappa shape index (κ3) is 3.99. The minimum absolute atomic E-state index is 0.0937. The van der Waals surface area contributed by atoms with E-state index in [0.29, 0.717) is 44.0 Å². The first-order chi connectivity index (χ1) is 11.1. The third-order valence-corrected chi connectivity index (χ3v) is 3.43. The predicted octanol–water partition coefficient (Wildman–Crippen LogP) is 1.46. The van der Waals surface area contributed by atoms with Crippen LogP contribution in [0.1, 0.15) is 18.8 Å². The summed E-state index contributed by atoms with van der Waals surface area (Å²) in [6, 6.07) is -0.313. The van der Waals surface area contributed by atoms with Crippen molar-refractivity contribution in [1.29, 1.82) is 0 Å². The Hall–Kier alpha value is -2.13. The quantitative estimate of drug-likeness (QED) is 0.895. The van der Waals surface area contributed by atoms with Crippen LogP contribution < -0.4 is 10.2 Å². The van der Waals surface area contributed by atoms with Crippen LogP contribution in [0.2, 0.25) is 5.28 Å². The molecule has 0 saturated carbocycles. The first-order valence-corrected chi connectivity index (χ1v) is 7.48. The average molecular weight is 340 g/mol. The van der Waals surface area contributed by atoms with Gasteiger partial charge in [-0.2, -0.15) is 15.0 Å². The zero-order valence-electron chi connectivity index (χ0n) is 12.4. The number of rotatable bonds is 4. The van der Waals surface area contributed by atoms with E-state index in [-0.39, 0.29) is 11.3 Å². The van der Waals surface area contributed by atoms with Crippen molar-refractivity contribution in [3.63, 3.8) is 0 Å². The van der Waals surface area contributed by atoms with Crippen LogP contribution >= 0.6 is 11.6 Å². The van der Waals surface area contributed by atoms with Crippen LogP contribution in [0.5, 0.6) is 0 Å². The molecule has 0 aromatic carbocycles. The molecule has 23 heavy (non-hydrogen) atoms. The topological polar surface area (TPSA) is 89.0 Å². The lowest BCUT2D eigenvalue weighted by atomic mass is 10.3. The fourth-order valence-electron chi connectivity index (χ4n) is 2.11. The van der Waals surface area contributed by atoms with Crippen molar-refractivity contribution in [3.05, 3.63) is 29.3 Å². The molecule has 0 spiro atoms. The lowest BCUT2D eigenvalue weighted by molar-refractivity contribution is 0.122. The summed E-state index contributed by atoms with van der Waals surface area (Å²) in [5.74, 6) is 0.740. The van der Waals surface area contributed by atoms with Gasteiger partial charge >= 0.3 is 0 Å². The molecular formula is C13H15ClFN7O. The van der Waals surface area contributed by atoms with Crippen LogP contribution in [0.3, 0.4) is 0 Å². The Morgan fingerprint density at radius 2 is 1.91 bits per heavy atom. The summed E-state index contributed by atoms with van der Waals surface area (Å²) >= 11 is 5.98. The van der Waals surface area contributed by atoms with E-state index in [9.17, 15) is 4.39 Å². The normalized spacial score (nSPS) is 16.2. The largest absolute Gasteiger partial charge is 0.378 e. The van der Waals surface area contributed by atoms with Crippen molar-refractivity contribution < 1.29 is 9.13 Å². The van der Waals surface area contributed by atoms with Crippen molar-refractivity contribution in [2.24, 2.45) is 0 Å². The molecule has 1 aliphatic heterocycles. The highest BCUT2D eigenvalue weighted by atomic mass is 35.5. The fourth-order valence-corrected chi connectivity index (χ4v) is 2.27. The van der Waals surface area contributed by atoms with E-state index in [1.807, 2.05) is 11.8 Å². The number of ether oxygens (including phenoxy) is 1. The van der Waals surface area contributed by atoms with Crippen LogP contribution in [0.4, 0.5) is 16.3 Å². The smallest absolute Gasteiger partial charge is 0.231 e. The highest BCUT2D eigenvalue weighted by Gasteiger charge is 2.17. The first kappa shape index (κ1) is 15.8. The molecule has 0 aliphatic carbocycles. The van der Waals surface area contributed by atoms with Gasteiger partial charge in [0.1, 0.15) is 5.82 Å². The van der Waals surface area contributed by atoms with Gasteiger partial charge in [0.25, 0.3) is 0 Å². The van der Waals surface area contributed by atoms with Crippen LogP contribution in [0.15, 0.2) is 12.4 Å². The molecular weight excluding hydrogens is 325 g/mol. The van der Waals surface area contributed by atoms with Crippen LogP contribution in [0.25, 0.3) is 0 Å². The van der Waals surface area contributed by atoms with Crippen molar-refractivity contribution in [1.82, 2.24) is 24.9 Å². The van der Waals surface area contributed by atoms with Crippen LogP contribution in [-0.4, -0.2) is 51.2 Å². The second-order valence-electron chi connectivity index (χ2n) is 4.95. The van der Waals surface area contributed by atoms with Crippen molar-refractivity contribution in [2.75, 3.05) is 36.5 Å². The molecule has 0 bridgehead atoms. The van der Waals surface area contributed by atoms with Crippen LogP contribution in [0, 0.1) is 5.82 Å². The van der Waals surface area contributed by atoms with E-state index in [4.69, 9.17) is 16.3 Å². The molecule has 1 atom stereocenters. The second-order valence-corrected chi connectivity index (χ2v) is 5.29. The first-order valence-electron chi connectivity index (χ1n) is 7.10. The SMILES string of the molecule is CC(Nc1nc(Cl)nc(N2CCOCC2)n1)c1ncc(F)cn1. The second kappa shape index (κ2) is 6.97. The number of hydrogen-bond donors (Lipinski definition) is 1. The fraction of sp³-hybridized carbons (Fsp3) is 0.462. The Kier molecular flexibility index (Phi) is 4.77. The summed E-state index contributed by atoms with van der Waals surface area (Å²) in [5, 5.41) is 3.14. The highest BCUT2D eigenvalue weighted by Crippen LogP contribution is 2.18. The molecule has 1 aliphatic rings. The molecule has 2 aromatic rings. The molecule has 122 valence electrons. The Bertz CT molecular complexity index is 666. The van der Waals surface area contributed by atoms with E-state index >= 15 is 0 Å². The lowest BCUT2D eigenvalue weighted by Crippen LogP contribution is -2.37. The molecule has 1 unspecified atom stereocenters. The highest BCUT2D eigenvalue weighted by molar-refractivity contribution is 6.28. The van der Waals surface area contributed by atoms with E-state index in [2.05, 4.69) is 30.2 Å². The zero-order valence-corrected chi connectivity index (χ0v) is 13.2. The van der Waals surface area contributed by atoms with Crippen molar-refractivity contribution in [2.45, 2.75) is 13.0 Å². The Balaban J connectivity index is 1.76. The maximum atomic E-state index is 12.9. The molecule has 1 N–H and O–H groups in total. The van der Waals surface area contributed by atoms with Gasteiger partial charge in [0, 0.05) is 13.1 Å². The minimum Gasteiger partial charge on any atom is -0.378 e. The molecule has 3 rings (SSSR count). The van der Waals surface area contributed by atoms with Gasteiger partial charge in [0.2, 0.25) is 17.2 Å². The standard InChI is InChI=1S/C13H15ClFN7O/c1-8(10-16-6-9(15)7-17-10)18-12-19-11(14)20-13(21-12)22-2-4-23-5-3-22/h6-8H,2-5H2,1H3,(H,18,19,20,21). The lowest BCUT2D eigenvalue weighted by Gasteiger charge is -2.27. The maximum Gasteiger partial charge on any atom is 0.231 e. The summed E-state index contributed by atoms with van der Waals surface area (Å²) in [5.41, 5.74) is 0. The number of aromatic nitrogens is 5. The Morgan fingerprint density at radius 1 is 1.22 bits per heavy atom. The Labute approximate surface area is 137 Å². The van der Waals surface area contributed by atoms with Gasteiger partial charge in [0.15, 0.2) is 5.82 Å². The number of nitrogens with one attached hydrogen (secondary N) is 1. The van der Waals surface area contributed by atoms with E-state index in [1.54, 1.807) is 0 Å². The molecule has 1 saturated heterocycles. The molecule has 0 amide bonds. The summed E-state index contributed by atoms with van der Waals surface area (Å²) in [4.78, 5) is 22.4. The average Bonchev–Trinajstić information content (AvgIpc) is 2.55. The van der Waals surface area contributed by atoms with Gasteiger partial charge in [-0.1, -0.05) is 0 Å². The summed E-state index contributed by atoms with van der Waals surface area (Å²) in [6.07, 6.45) is 2.22. The van der Waals surface area contributed by atoms with Gasteiger partial charge in [0.05, 0.1) is 31.6 Å². The number of anilines is 2. The molecule has 1 fully saturated rings. The molecule has 10 heteroatoms. The van der Waals surface area contributed by atoms with Crippen LogP contribution in [-0.2, 0) is 4.74 Å². The maximum absolute atomic E-state index is 12.9. The van der Waals surface area contributed by atoms with Gasteiger partial charge in [-0.05, 0) is 18.5 Å². The summed E-state index contributed by atoms with van der Waals surface area (Å²) in [6.45, 7) is 4.43. The number of halogens is 2. The molecule has 3 heterocycles. The number of hydrogen-bond acceptors (Lipinski definition) is 8. The van der Waals surface area contributed by atoms with E-state index in [1.165, 1.54) is 0 Å². The van der Waals surface area contributed by atoms with Crippen molar-refractivity contribution >= 4 is 23.5 Å². The summed E-state index contributed by atoms with van der Waals surface area (Å²) in [7, 11) is 0. The number of morpholine rings is 1. The molecule has 0 radical (unpaired) electrons. The van der Waals surface area contributed by atoms with Gasteiger partial charge in [-0.25, -0.2) is 14.4 Å². The monoisotopic (exact) mass is 339 g/mol. The predicted molar refractivity (Wildman–Crippen MR) is 81.9 cm³/mol. The van der Waals surface area contributed by atoms with Crippen molar-refractivity contribution in [3.8, 4) is 0 Å².